The first-order valence-corrected chi connectivity index (χ1v) is 12.3. The van der Waals surface area contributed by atoms with E-state index >= 15 is 0 Å². The first-order valence-electron chi connectivity index (χ1n) is 11.4. The van der Waals surface area contributed by atoms with Crippen LogP contribution in [0.15, 0.2) is 82.4 Å². The standard InChI is InChI=1S/C27H22N4O4S/c1-3-34-26(33)16(2)36-27-31-30-25(35-27)19-11-9-18(10-12-19)24-28-21-14-13-20(15-22(21)29-24)23(32)17-7-5-4-6-8-17/h4-16H,3H2,1-2H3,(H,28,29). The molecule has 0 saturated carbocycles. The number of hydrogen-bond acceptors (Lipinski definition) is 8. The van der Waals surface area contributed by atoms with Gasteiger partial charge >= 0.3 is 5.97 Å². The predicted molar refractivity (Wildman–Crippen MR) is 137 cm³/mol. The number of carbonyl (C=O) groups excluding carboxylic acids is 2. The Hall–Kier alpha value is -4.24. The number of nitrogens with zero attached hydrogens (tertiary/aromatic N) is 3. The third-order valence-electron chi connectivity index (χ3n) is 5.49. The minimum Gasteiger partial charge on any atom is -0.465 e. The summed E-state index contributed by atoms with van der Waals surface area (Å²) in [7, 11) is 0. The van der Waals surface area contributed by atoms with Crippen molar-refractivity contribution in [3.05, 3.63) is 83.9 Å². The first kappa shape index (κ1) is 23.5. The summed E-state index contributed by atoms with van der Waals surface area (Å²) in [5.41, 5.74) is 4.41. The molecule has 0 aliphatic rings. The highest BCUT2D eigenvalue weighted by Crippen LogP contribution is 2.28. The van der Waals surface area contributed by atoms with Crippen molar-refractivity contribution in [3.8, 4) is 22.8 Å². The van der Waals surface area contributed by atoms with Crippen LogP contribution in [0, 0.1) is 0 Å². The second-order valence-electron chi connectivity index (χ2n) is 7.98. The van der Waals surface area contributed by atoms with E-state index in [0.717, 1.165) is 33.9 Å². The molecule has 36 heavy (non-hydrogen) atoms. The second kappa shape index (κ2) is 10.2. The monoisotopic (exact) mass is 498 g/mol. The van der Waals surface area contributed by atoms with E-state index in [4.69, 9.17) is 9.15 Å². The maximum Gasteiger partial charge on any atom is 0.319 e. The number of rotatable bonds is 8. The Morgan fingerprint density at radius 1 is 0.972 bits per heavy atom. The minimum absolute atomic E-state index is 0.0354. The lowest BCUT2D eigenvalue weighted by Gasteiger charge is -2.06. The smallest absolute Gasteiger partial charge is 0.319 e. The molecule has 5 aromatic rings. The minimum atomic E-state index is -0.447. The fraction of sp³-hybridized carbons (Fsp3) is 0.148. The summed E-state index contributed by atoms with van der Waals surface area (Å²) in [6.07, 6.45) is 0. The topological polar surface area (TPSA) is 111 Å². The molecule has 0 radical (unpaired) electrons. The number of ether oxygens (including phenoxy) is 1. The highest BCUT2D eigenvalue weighted by atomic mass is 32.2. The van der Waals surface area contributed by atoms with Crippen LogP contribution in [-0.4, -0.2) is 43.8 Å². The number of hydrogen-bond donors (Lipinski definition) is 1. The van der Waals surface area contributed by atoms with Gasteiger partial charge in [-0.25, -0.2) is 4.98 Å². The molecule has 1 atom stereocenters. The third kappa shape index (κ3) is 4.92. The molecule has 2 heterocycles. The van der Waals surface area contributed by atoms with E-state index in [1.807, 2.05) is 54.6 Å². The lowest BCUT2D eigenvalue weighted by atomic mass is 10.0. The number of benzene rings is 3. The first-order chi connectivity index (χ1) is 17.5. The number of esters is 1. The van der Waals surface area contributed by atoms with Gasteiger partial charge in [0.05, 0.1) is 17.6 Å². The largest absolute Gasteiger partial charge is 0.465 e. The molecule has 0 aliphatic heterocycles. The molecule has 8 nitrogen and oxygen atoms in total. The zero-order chi connectivity index (χ0) is 25.1. The molecule has 9 heteroatoms. The van der Waals surface area contributed by atoms with Crippen molar-refractivity contribution in [2.75, 3.05) is 6.61 Å². The predicted octanol–water partition coefficient (Wildman–Crippen LogP) is 5.55. The number of aromatic amines is 1. The van der Waals surface area contributed by atoms with Crippen LogP contribution < -0.4 is 0 Å². The van der Waals surface area contributed by atoms with E-state index in [2.05, 4.69) is 20.2 Å². The van der Waals surface area contributed by atoms with Gasteiger partial charge in [0.2, 0.25) is 5.89 Å². The molecule has 2 aromatic heterocycles. The number of aromatic nitrogens is 4. The average Bonchev–Trinajstić information content (AvgIpc) is 3.56. The van der Waals surface area contributed by atoms with Crippen LogP contribution >= 0.6 is 11.8 Å². The van der Waals surface area contributed by atoms with Crippen LogP contribution in [0.2, 0.25) is 0 Å². The molecular weight excluding hydrogens is 476 g/mol. The number of imidazole rings is 1. The van der Waals surface area contributed by atoms with Crippen LogP contribution in [0.3, 0.4) is 0 Å². The van der Waals surface area contributed by atoms with Gasteiger partial charge in [-0.1, -0.05) is 54.2 Å². The van der Waals surface area contributed by atoms with E-state index < -0.39 is 5.25 Å². The molecule has 0 bridgehead atoms. The number of fused-ring (bicyclic) bond motifs is 1. The Labute approximate surface area is 211 Å². The van der Waals surface area contributed by atoms with Crippen LogP contribution in [0.25, 0.3) is 33.9 Å². The van der Waals surface area contributed by atoms with Crippen molar-refractivity contribution in [1.29, 1.82) is 0 Å². The molecule has 0 saturated heterocycles. The lowest BCUT2D eigenvalue weighted by Crippen LogP contribution is -2.16. The summed E-state index contributed by atoms with van der Waals surface area (Å²) in [5.74, 6) is 0.681. The molecule has 0 aliphatic carbocycles. The van der Waals surface area contributed by atoms with Crippen LogP contribution in [0.1, 0.15) is 29.8 Å². The fourth-order valence-corrected chi connectivity index (χ4v) is 4.33. The maximum absolute atomic E-state index is 12.8. The SMILES string of the molecule is CCOC(=O)C(C)Sc1nnc(-c2ccc(-c3nc4ccc(C(=O)c5ccccc5)cc4[nH]3)cc2)o1. The maximum atomic E-state index is 12.8. The zero-order valence-corrected chi connectivity index (χ0v) is 20.4. The molecule has 3 aromatic carbocycles. The van der Waals surface area contributed by atoms with E-state index in [1.54, 1.807) is 32.0 Å². The quantitative estimate of drug-likeness (QED) is 0.168. The Morgan fingerprint density at radius 3 is 2.47 bits per heavy atom. The van der Waals surface area contributed by atoms with E-state index in [-0.39, 0.29) is 11.8 Å². The van der Waals surface area contributed by atoms with Gasteiger partial charge in [0.25, 0.3) is 5.22 Å². The molecular formula is C27H22N4O4S. The number of nitrogens with one attached hydrogen (secondary N) is 1. The molecule has 0 spiro atoms. The zero-order valence-electron chi connectivity index (χ0n) is 19.6. The van der Waals surface area contributed by atoms with Crippen molar-refractivity contribution >= 4 is 34.5 Å². The van der Waals surface area contributed by atoms with Crippen molar-refractivity contribution in [2.24, 2.45) is 0 Å². The number of thioether (sulfide) groups is 1. The number of ketones is 1. The highest BCUT2D eigenvalue weighted by Gasteiger charge is 2.20. The van der Waals surface area contributed by atoms with Gasteiger partial charge in [0, 0.05) is 22.3 Å². The molecule has 0 amide bonds. The normalized spacial score (nSPS) is 11.9. The Morgan fingerprint density at radius 2 is 1.72 bits per heavy atom. The van der Waals surface area contributed by atoms with E-state index in [0.29, 0.717) is 34.7 Å². The summed E-state index contributed by atoms with van der Waals surface area (Å²) in [6.45, 7) is 3.82. The van der Waals surface area contributed by atoms with Gasteiger partial charge in [-0.2, -0.15) is 0 Å². The Balaban J connectivity index is 1.32. The summed E-state index contributed by atoms with van der Waals surface area (Å²) >= 11 is 1.16. The van der Waals surface area contributed by atoms with Gasteiger partial charge in [-0.05, 0) is 44.2 Å². The Bertz CT molecular complexity index is 1530. The molecule has 5 rings (SSSR count). The molecule has 0 fully saturated rings. The summed E-state index contributed by atoms with van der Waals surface area (Å²) in [6, 6.07) is 22.2. The summed E-state index contributed by atoms with van der Waals surface area (Å²) < 4.78 is 10.7. The molecule has 180 valence electrons. The van der Waals surface area contributed by atoms with Crippen LogP contribution in [0.5, 0.6) is 0 Å². The van der Waals surface area contributed by atoms with Gasteiger partial charge in [-0.3, -0.25) is 9.59 Å². The van der Waals surface area contributed by atoms with E-state index in [9.17, 15) is 9.59 Å². The fourth-order valence-electron chi connectivity index (χ4n) is 3.65. The van der Waals surface area contributed by atoms with Gasteiger partial charge < -0.3 is 14.1 Å². The van der Waals surface area contributed by atoms with Crippen LogP contribution in [-0.2, 0) is 9.53 Å². The van der Waals surface area contributed by atoms with Gasteiger partial charge in [0.15, 0.2) is 5.78 Å². The number of carbonyl (C=O) groups is 2. The third-order valence-corrected chi connectivity index (χ3v) is 6.40. The lowest BCUT2D eigenvalue weighted by molar-refractivity contribution is -0.142. The molecule has 1 unspecified atom stereocenters. The highest BCUT2D eigenvalue weighted by molar-refractivity contribution is 8.00. The number of H-pyrrole nitrogens is 1. The Kier molecular flexibility index (Phi) is 6.64. The second-order valence-corrected chi connectivity index (χ2v) is 9.27. The summed E-state index contributed by atoms with van der Waals surface area (Å²) in [5, 5.41) is 7.96. The van der Waals surface area contributed by atoms with Crippen molar-refractivity contribution in [1.82, 2.24) is 20.2 Å². The average molecular weight is 499 g/mol. The summed E-state index contributed by atoms with van der Waals surface area (Å²) in [4.78, 5) is 32.6. The van der Waals surface area contributed by atoms with Crippen molar-refractivity contribution < 1.29 is 18.7 Å². The van der Waals surface area contributed by atoms with E-state index in [1.165, 1.54) is 0 Å². The van der Waals surface area contributed by atoms with Gasteiger partial charge in [-0.15, -0.1) is 10.2 Å². The van der Waals surface area contributed by atoms with Crippen molar-refractivity contribution in [2.45, 2.75) is 24.3 Å². The van der Waals surface area contributed by atoms with Gasteiger partial charge in [0.1, 0.15) is 11.1 Å². The molecule has 1 N–H and O–H groups in total. The van der Waals surface area contributed by atoms with Crippen molar-refractivity contribution in [3.63, 3.8) is 0 Å². The van der Waals surface area contributed by atoms with Crippen LogP contribution in [0.4, 0.5) is 0 Å².